The topological polar surface area (TPSA) is 58.6 Å². The number of benzene rings is 1. The van der Waals surface area contributed by atoms with Gasteiger partial charge in [0.05, 0.1) is 18.8 Å². The Hall–Kier alpha value is -1.88. The Kier molecular flexibility index (Phi) is 4.27. The molecule has 5 nitrogen and oxygen atoms in total. The largest absolute Gasteiger partial charge is 0.374 e. The summed E-state index contributed by atoms with van der Waals surface area (Å²) in [6.45, 7) is 1.34. The molecule has 1 aliphatic carbocycles. The van der Waals surface area contributed by atoms with E-state index in [0.717, 1.165) is 36.9 Å². The van der Waals surface area contributed by atoms with Crippen LogP contribution in [0.3, 0.4) is 0 Å². The summed E-state index contributed by atoms with van der Waals surface area (Å²) in [5.74, 6) is 0.119. The molecule has 2 amide bonds. The fourth-order valence-electron chi connectivity index (χ4n) is 4.32. The van der Waals surface area contributed by atoms with E-state index in [9.17, 15) is 9.59 Å². The number of hydrogen-bond donors (Lipinski definition) is 1. The van der Waals surface area contributed by atoms with Crippen molar-refractivity contribution in [2.45, 2.75) is 50.7 Å². The monoisotopic (exact) mass is 328 g/mol. The molecule has 3 atom stereocenters. The number of anilines is 1. The van der Waals surface area contributed by atoms with Gasteiger partial charge in [-0.25, -0.2) is 0 Å². The third kappa shape index (κ3) is 2.93. The van der Waals surface area contributed by atoms with E-state index >= 15 is 0 Å². The fraction of sp³-hybridized carbons (Fsp3) is 0.579. The van der Waals surface area contributed by atoms with Crippen LogP contribution in [0.25, 0.3) is 0 Å². The fourth-order valence-corrected chi connectivity index (χ4v) is 4.32. The van der Waals surface area contributed by atoms with Crippen LogP contribution in [0.5, 0.6) is 0 Å². The first kappa shape index (κ1) is 15.6. The normalized spacial score (nSPS) is 28.9. The first-order valence-electron chi connectivity index (χ1n) is 9.02. The second-order valence-electron chi connectivity index (χ2n) is 7.08. The minimum atomic E-state index is -0.107. The van der Waals surface area contributed by atoms with Crippen LogP contribution < -0.4 is 5.32 Å². The van der Waals surface area contributed by atoms with Crippen molar-refractivity contribution >= 4 is 17.5 Å². The highest BCUT2D eigenvalue weighted by Crippen LogP contribution is 2.31. The molecule has 24 heavy (non-hydrogen) atoms. The summed E-state index contributed by atoms with van der Waals surface area (Å²) in [7, 11) is 0. The lowest BCUT2D eigenvalue weighted by molar-refractivity contribution is -0.144. The number of rotatable bonds is 3. The molecule has 2 fully saturated rings. The summed E-state index contributed by atoms with van der Waals surface area (Å²) in [5.41, 5.74) is 2.07. The minimum Gasteiger partial charge on any atom is -0.374 e. The molecule has 3 aliphatic rings. The highest BCUT2D eigenvalue weighted by molar-refractivity contribution is 5.96. The van der Waals surface area contributed by atoms with Gasteiger partial charge in [-0.2, -0.15) is 0 Å². The predicted molar refractivity (Wildman–Crippen MR) is 90.6 cm³/mol. The second-order valence-corrected chi connectivity index (χ2v) is 7.08. The quantitative estimate of drug-likeness (QED) is 0.927. The first-order valence-corrected chi connectivity index (χ1v) is 9.02. The van der Waals surface area contributed by atoms with E-state index in [2.05, 4.69) is 11.4 Å². The van der Waals surface area contributed by atoms with Gasteiger partial charge in [-0.1, -0.05) is 18.2 Å². The van der Waals surface area contributed by atoms with Crippen molar-refractivity contribution < 1.29 is 14.3 Å². The zero-order valence-electron chi connectivity index (χ0n) is 13.9. The number of ether oxygens (including phenoxy) is 1. The molecule has 1 N–H and O–H groups in total. The van der Waals surface area contributed by atoms with Crippen LogP contribution in [0.4, 0.5) is 5.69 Å². The number of hydrogen-bond acceptors (Lipinski definition) is 3. The van der Waals surface area contributed by atoms with Crippen molar-refractivity contribution in [1.29, 1.82) is 0 Å². The molecular formula is C19H24N2O3. The van der Waals surface area contributed by atoms with Gasteiger partial charge in [0.15, 0.2) is 0 Å². The van der Waals surface area contributed by atoms with Gasteiger partial charge < -0.3 is 15.0 Å². The molecule has 0 radical (unpaired) electrons. The Morgan fingerprint density at radius 2 is 2.17 bits per heavy atom. The molecular weight excluding hydrogens is 304 g/mol. The Morgan fingerprint density at radius 1 is 1.29 bits per heavy atom. The van der Waals surface area contributed by atoms with E-state index < -0.39 is 0 Å². The third-order valence-electron chi connectivity index (χ3n) is 5.62. The van der Waals surface area contributed by atoms with Gasteiger partial charge in [0, 0.05) is 24.6 Å². The van der Waals surface area contributed by atoms with Gasteiger partial charge in [-0.15, -0.1) is 0 Å². The van der Waals surface area contributed by atoms with Crippen LogP contribution in [0.15, 0.2) is 24.3 Å². The van der Waals surface area contributed by atoms with Crippen molar-refractivity contribution in [3.63, 3.8) is 0 Å². The summed E-state index contributed by atoms with van der Waals surface area (Å²) in [4.78, 5) is 27.0. The first-order chi connectivity index (χ1) is 11.7. The number of morpholine rings is 1. The van der Waals surface area contributed by atoms with E-state index in [4.69, 9.17) is 4.74 Å². The molecule has 0 bridgehead atoms. The van der Waals surface area contributed by atoms with Gasteiger partial charge in [-0.3, -0.25) is 9.59 Å². The highest BCUT2D eigenvalue weighted by Gasteiger charge is 2.38. The zero-order chi connectivity index (χ0) is 16.5. The molecule has 1 saturated heterocycles. The average Bonchev–Trinajstić information content (AvgIpc) is 3.08. The highest BCUT2D eigenvalue weighted by atomic mass is 16.5. The van der Waals surface area contributed by atoms with E-state index in [0.29, 0.717) is 26.0 Å². The van der Waals surface area contributed by atoms with Gasteiger partial charge >= 0.3 is 0 Å². The molecule has 128 valence electrons. The van der Waals surface area contributed by atoms with Crippen molar-refractivity contribution in [2.75, 3.05) is 18.5 Å². The number of fused-ring (bicyclic) bond motifs is 2. The molecule has 1 aromatic carbocycles. The van der Waals surface area contributed by atoms with Crippen molar-refractivity contribution in [3.8, 4) is 0 Å². The van der Waals surface area contributed by atoms with E-state index in [1.165, 1.54) is 0 Å². The number of nitrogens with one attached hydrogen (secondary N) is 1. The number of nitrogens with zero attached hydrogens (tertiary/aromatic N) is 1. The van der Waals surface area contributed by atoms with Crippen LogP contribution >= 0.6 is 0 Å². The SMILES string of the molecule is O=C1Nc2ccccc2CC1CCC(=O)N1CCOC2CCCC21. The maximum Gasteiger partial charge on any atom is 0.227 e. The predicted octanol–water partition coefficient (Wildman–Crippen LogP) is 2.36. The Bertz CT molecular complexity index is 645. The van der Waals surface area contributed by atoms with Crippen LogP contribution in [-0.4, -0.2) is 42.0 Å². The van der Waals surface area contributed by atoms with Gasteiger partial charge in [0.2, 0.25) is 11.8 Å². The average molecular weight is 328 g/mol. The van der Waals surface area contributed by atoms with Crippen molar-refractivity contribution in [3.05, 3.63) is 29.8 Å². The Balaban J connectivity index is 1.36. The van der Waals surface area contributed by atoms with Crippen molar-refractivity contribution in [2.24, 2.45) is 5.92 Å². The lowest BCUT2D eigenvalue weighted by Gasteiger charge is -2.38. The summed E-state index contributed by atoms with van der Waals surface area (Å²) < 4.78 is 5.77. The van der Waals surface area contributed by atoms with Crippen LogP contribution in [0.1, 0.15) is 37.7 Å². The summed E-state index contributed by atoms with van der Waals surface area (Å²) in [6.07, 6.45) is 5.28. The number of amides is 2. The van der Waals surface area contributed by atoms with E-state index in [1.807, 2.05) is 23.1 Å². The molecule has 1 saturated carbocycles. The number of carbonyl (C=O) groups excluding carboxylic acids is 2. The number of carbonyl (C=O) groups is 2. The van der Waals surface area contributed by atoms with E-state index in [1.54, 1.807) is 0 Å². The lowest BCUT2D eigenvalue weighted by Crippen LogP contribution is -2.51. The molecule has 0 aromatic heterocycles. The lowest BCUT2D eigenvalue weighted by atomic mass is 9.89. The molecule has 3 unspecified atom stereocenters. The second kappa shape index (κ2) is 6.55. The minimum absolute atomic E-state index is 0.0437. The Morgan fingerprint density at radius 3 is 3.08 bits per heavy atom. The van der Waals surface area contributed by atoms with Crippen molar-refractivity contribution in [1.82, 2.24) is 4.90 Å². The summed E-state index contributed by atoms with van der Waals surface area (Å²) in [6, 6.07) is 8.16. The van der Waals surface area contributed by atoms with Crippen LogP contribution in [-0.2, 0) is 20.7 Å². The summed E-state index contributed by atoms with van der Waals surface area (Å²) in [5, 5.41) is 2.97. The third-order valence-corrected chi connectivity index (χ3v) is 5.62. The number of para-hydroxylation sites is 1. The molecule has 1 aromatic rings. The molecule has 2 heterocycles. The molecule has 4 rings (SSSR count). The van der Waals surface area contributed by atoms with Crippen LogP contribution in [0, 0.1) is 5.92 Å². The molecule has 5 heteroatoms. The maximum atomic E-state index is 12.7. The zero-order valence-corrected chi connectivity index (χ0v) is 13.9. The summed E-state index contributed by atoms with van der Waals surface area (Å²) >= 11 is 0. The Labute approximate surface area is 142 Å². The van der Waals surface area contributed by atoms with Gasteiger partial charge in [-0.05, 0) is 43.7 Å². The van der Waals surface area contributed by atoms with Gasteiger partial charge in [0.1, 0.15) is 0 Å². The van der Waals surface area contributed by atoms with E-state index in [-0.39, 0.29) is 29.9 Å². The van der Waals surface area contributed by atoms with Crippen LogP contribution in [0.2, 0.25) is 0 Å². The molecule has 2 aliphatic heterocycles. The maximum absolute atomic E-state index is 12.7. The standard InChI is InChI=1S/C19H24N2O3/c22-18(21-10-11-24-17-7-3-6-16(17)21)9-8-14-12-13-4-1-2-5-15(13)20-19(14)23/h1-2,4-5,14,16-17H,3,6-12H2,(H,20,23). The van der Waals surface area contributed by atoms with Gasteiger partial charge in [0.25, 0.3) is 0 Å². The molecule has 0 spiro atoms. The smallest absolute Gasteiger partial charge is 0.227 e.